The molecule has 0 aromatic heterocycles. The van der Waals surface area contributed by atoms with Crippen LogP contribution in [0, 0.1) is 5.92 Å². The predicted molar refractivity (Wildman–Crippen MR) is 65.2 cm³/mol. The van der Waals surface area contributed by atoms with Crippen LogP contribution in [0.15, 0.2) is 16.6 Å². The second-order valence-corrected chi connectivity index (χ2v) is 4.75. The van der Waals surface area contributed by atoms with Crippen LogP contribution in [0.2, 0.25) is 0 Å². The van der Waals surface area contributed by atoms with Crippen LogP contribution in [0.4, 0.5) is 0 Å². The molecule has 2 atom stereocenters. The monoisotopic (exact) mass is 206 g/mol. The third-order valence-corrected chi connectivity index (χ3v) is 3.59. The summed E-state index contributed by atoms with van der Waals surface area (Å²) >= 11 is 0. The minimum absolute atomic E-state index is 0.667. The second-order valence-electron chi connectivity index (χ2n) is 4.75. The lowest BCUT2D eigenvalue weighted by Gasteiger charge is -2.26. The number of hydrogen-bond donors (Lipinski definition) is 1. The highest BCUT2D eigenvalue weighted by Crippen LogP contribution is 2.28. The molecule has 2 rings (SSSR count). The van der Waals surface area contributed by atoms with Crippen molar-refractivity contribution in [3.63, 3.8) is 0 Å². The lowest BCUT2D eigenvalue weighted by atomic mass is 9.85. The Morgan fingerprint density at radius 2 is 2.40 bits per heavy atom. The lowest BCUT2D eigenvalue weighted by Crippen LogP contribution is -2.34. The Kier molecular flexibility index (Phi) is 3.81. The Hall–Kier alpha value is -0.790. The van der Waals surface area contributed by atoms with E-state index in [0.717, 1.165) is 12.5 Å². The second kappa shape index (κ2) is 5.34. The van der Waals surface area contributed by atoms with Crippen molar-refractivity contribution in [2.24, 2.45) is 10.9 Å². The van der Waals surface area contributed by atoms with E-state index >= 15 is 0 Å². The normalized spacial score (nSPS) is 30.9. The van der Waals surface area contributed by atoms with E-state index in [1.54, 1.807) is 5.57 Å². The van der Waals surface area contributed by atoms with Crippen molar-refractivity contribution in [1.29, 1.82) is 0 Å². The van der Waals surface area contributed by atoms with E-state index in [4.69, 9.17) is 0 Å². The highest BCUT2D eigenvalue weighted by Gasteiger charge is 2.18. The molecule has 15 heavy (non-hydrogen) atoms. The van der Waals surface area contributed by atoms with Crippen molar-refractivity contribution in [3.8, 4) is 0 Å². The molecule has 2 aliphatic rings. The van der Waals surface area contributed by atoms with Gasteiger partial charge >= 0.3 is 0 Å². The molecule has 0 amide bonds. The Balaban J connectivity index is 1.85. The minimum Gasteiger partial charge on any atom is -0.374 e. The van der Waals surface area contributed by atoms with Gasteiger partial charge in [0.25, 0.3) is 0 Å². The molecule has 0 saturated heterocycles. The molecule has 1 heterocycles. The van der Waals surface area contributed by atoms with E-state index in [-0.39, 0.29) is 0 Å². The molecule has 84 valence electrons. The number of rotatable bonds is 3. The first kappa shape index (κ1) is 10.7. The fourth-order valence-electron chi connectivity index (χ4n) is 2.66. The summed E-state index contributed by atoms with van der Waals surface area (Å²) in [5, 5.41) is 3.38. The first-order valence-electron chi connectivity index (χ1n) is 6.32. The Labute approximate surface area is 92.9 Å². The number of nitrogens with zero attached hydrogens (tertiary/aromatic N) is 1. The molecule has 0 saturated carbocycles. The van der Waals surface area contributed by atoms with E-state index in [1.807, 2.05) is 6.34 Å². The largest absolute Gasteiger partial charge is 0.374 e. The van der Waals surface area contributed by atoms with Gasteiger partial charge in [-0.1, -0.05) is 18.6 Å². The van der Waals surface area contributed by atoms with Crippen LogP contribution < -0.4 is 5.32 Å². The van der Waals surface area contributed by atoms with Gasteiger partial charge in [-0.25, -0.2) is 0 Å². The van der Waals surface area contributed by atoms with Gasteiger partial charge in [0.15, 0.2) is 0 Å². The van der Waals surface area contributed by atoms with Gasteiger partial charge in [-0.05, 0) is 44.4 Å². The smallest absolute Gasteiger partial charge is 0.0825 e. The zero-order valence-electron chi connectivity index (χ0n) is 9.71. The molecule has 2 heteroatoms. The molecule has 0 spiro atoms. The standard InChI is InChI=1S/C13H22N2/c1-2-11-4-3-5-12(8-11)9-13-6-7-14-10-15-13/h8,10,12-13H,2-7,9H2,1H3,(H,14,15). The average molecular weight is 206 g/mol. The maximum absolute atomic E-state index is 4.20. The Bertz CT molecular complexity index is 255. The quantitative estimate of drug-likeness (QED) is 0.705. The number of allylic oxidation sites excluding steroid dienone is 2. The van der Waals surface area contributed by atoms with Crippen LogP contribution in [0.1, 0.15) is 45.4 Å². The third-order valence-electron chi connectivity index (χ3n) is 3.59. The molecule has 0 aromatic rings. The van der Waals surface area contributed by atoms with E-state index in [0.29, 0.717) is 6.04 Å². The Morgan fingerprint density at radius 1 is 1.47 bits per heavy atom. The van der Waals surface area contributed by atoms with Crippen LogP contribution in [0.25, 0.3) is 0 Å². The van der Waals surface area contributed by atoms with Crippen LogP contribution in [0.3, 0.4) is 0 Å². The summed E-state index contributed by atoms with van der Waals surface area (Å²) in [5.41, 5.74) is 1.68. The molecule has 0 aromatic carbocycles. The number of nitrogens with one attached hydrogen (secondary N) is 1. The van der Waals surface area contributed by atoms with Gasteiger partial charge in [0.1, 0.15) is 0 Å². The van der Waals surface area contributed by atoms with E-state index < -0.39 is 0 Å². The predicted octanol–water partition coefficient (Wildman–Crippen LogP) is 2.90. The fraction of sp³-hybridized carbons (Fsp3) is 0.769. The zero-order valence-corrected chi connectivity index (χ0v) is 9.71. The van der Waals surface area contributed by atoms with E-state index in [9.17, 15) is 0 Å². The van der Waals surface area contributed by atoms with Crippen LogP contribution in [0.5, 0.6) is 0 Å². The third kappa shape index (κ3) is 3.08. The summed E-state index contributed by atoms with van der Waals surface area (Å²) in [7, 11) is 0. The molecule has 0 fully saturated rings. The van der Waals surface area contributed by atoms with Gasteiger partial charge in [0, 0.05) is 12.6 Å². The van der Waals surface area contributed by atoms with Crippen molar-refractivity contribution in [2.45, 2.75) is 51.5 Å². The van der Waals surface area contributed by atoms with Crippen LogP contribution >= 0.6 is 0 Å². The summed E-state index contributed by atoms with van der Waals surface area (Å²) in [6, 6.07) is 0.667. The molecule has 1 aliphatic heterocycles. The number of hydrogen-bond acceptors (Lipinski definition) is 2. The molecular formula is C13H22N2. The number of aliphatic imine (C=N–C) groups is 1. The van der Waals surface area contributed by atoms with E-state index in [1.165, 1.54) is 38.5 Å². The highest BCUT2D eigenvalue weighted by molar-refractivity contribution is 5.55. The van der Waals surface area contributed by atoms with Crippen molar-refractivity contribution in [3.05, 3.63) is 11.6 Å². The summed E-state index contributed by atoms with van der Waals surface area (Å²) in [4.78, 5) is 4.20. The summed E-state index contributed by atoms with van der Waals surface area (Å²) < 4.78 is 0. The first-order chi connectivity index (χ1) is 7.38. The Morgan fingerprint density at radius 3 is 3.13 bits per heavy atom. The molecular weight excluding hydrogens is 184 g/mol. The van der Waals surface area contributed by atoms with Gasteiger partial charge in [-0.15, -0.1) is 0 Å². The van der Waals surface area contributed by atoms with Crippen molar-refractivity contribution in [1.82, 2.24) is 5.32 Å². The highest BCUT2D eigenvalue weighted by atomic mass is 15.0. The topological polar surface area (TPSA) is 24.4 Å². The van der Waals surface area contributed by atoms with Crippen LogP contribution in [-0.4, -0.2) is 18.9 Å². The van der Waals surface area contributed by atoms with Crippen LogP contribution in [-0.2, 0) is 0 Å². The van der Waals surface area contributed by atoms with Gasteiger partial charge < -0.3 is 5.32 Å². The van der Waals surface area contributed by atoms with Gasteiger partial charge in [-0.2, -0.15) is 0 Å². The molecule has 2 nitrogen and oxygen atoms in total. The molecule has 0 radical (unpaired) electrons. The maximum Gasteiger partial charge on any atom is 0.0825 e. The maximum atomic E-state index is 4.20. The summed E-state index contributed by atoms with van der Waals surface area (Å²) in [5.74, 6) is 0.817. The summed E-state index contributed by atoms with van der Waals surface area (Å²) in [6.07, 6.45) is 12.3. The average Bonchev–Trinajstić information content (AvgIpc) is 2.31. The zero-order chi connectivity index (χ0) is 10.5. The van der Waals surface area contributed by atoms with Gasteiger partial charge in [-0.3, -0.25) is 4.99 Å². The summed E-state index contributed by atoms with van der Waals surface area (Å²) in [6.45, 7) is 3.29. The minimum atomic E-state index is 0.667. The lowest BCUT2D eigenvalue weighted by molar-refractivity contribution is 0.407. The van der Waals surface area contributed by atoms with Gasteiger partial charge in [0.05, 0.1) is 6.34 Å². The SMILES string of the molecule is CCC1=CC(CC2CCN=CN2)CCC1. The first-order valence-corrected chi connectivity index (χ1v) is 6.32. The molecule has 1 N–H and O–H groups in total. The van der Waals surface area contributed by atoms with Crippen molar-refractivity contribution in [2.75, 3.05) is 6.54 Å². The molecule has 1 aliphatic carbocycles. The molecule has 2 unspecified atom stereocenters. The van der Waals surface area contributed by atoms with E-state index in [2.05, 4.69) is 23.3 Å². The fourth-order valence-corrected chi connectivity index (χ4v) is 2.66. The van der Waals surface area contributed by atoms with Crippen molar-refractivity contribution < 1.29 is 0 Å². The van der Waals surface area contributed by atoms with Gasteiger partial charge in [0.2, 0.25) is 0 Å². The van der Waals surface area contributed by atoms with Crippen molar-refractivity contribution >= 4 is 6.34 Å². The molecule has 0 bridgehead atoms.